The van der Waals surface area contributed by atoms with Crippen molar-refractivity contribution >= 4 is 11.9 Å². The van der Waals surface area contributed by atoms with Crippen LogP contribution in [0.2, 0.25) is 0 Å². The minimum absolute atomic E-state index is 0.0101. The van der Waals surface area contributed by atoms with Gasteiger partial charge in [0.15, 0.2) is 0 Å². The number of hydrogen-bond acceptors (Lipinski definition) is 5. The molecule has 0 heterocycles. The molecule has 0 fully saturated rings. The lowest BCUT2D eigenvalue weighted by Gasteiger charge is -2.22. The highest BCUT2D eigenvalue weighted by atomic mass is 16.5. The average Bonchev–Trinajstić information content (AvgIpc) is 3.32. The predicted molar refractivity (Wildman–Crippen MR) is 287 cm³/mol. The zero-order valence-corrected chi connectivity index (χ0v) is 44.4. The number of ether oxygens (including phenoxy) is 1. The van der Waals surface area contributed by atoms with Crippen LogP contribution in [-0.2, 0) is 14.3 Å². The lowest BCUT2D eigenvalue weighted by atomic mass is 10.0. The second kappa shape index (κ2) is 55.9. The highest BCUT2D eigenvalue weighted by Gasteiger charge is 2.20. The molecular formula is C60H115NO5. The fraction of sp³-hybridized carbons (Fsp3) is 0.900. The number of aliphatic hydroxyl groups excluding tert-OH is 2. The van der Waals surface area contributed by atoms with Crippen molar-refractivity contribution in [1.29, 1.82) is 0 Å². The van der Waals surface area contributed by atoms with Gasteiger partial charge in [-0.3, -0.25) is 9.59 Å². The zero-order chi connectivity index (χ0) is 47.9. The van der Waals surface area contributed by atoms with Crippen LogP contribution in [-0.4, -0.2) is 47.4 Å². The third-order valence-corrected chi connectivity index (χ3v) is 13.8. The maximum Gasteiger partial charge on any atom is 0.305 e. The maximum absolute atomic E-state index is 12.5. The smallest absolute Gasteiger partial charge is 0.305 e. The summed E-state index contributed by atoms with van der Waals surface area (Å²) >= 11 is 0. The average molecular weight is 931 g/mol. The van der Waals surface area contributed by atoms with Gasteiger partial charge >= 0.3 is 5.97 Å². The van der Waals surface area contributed by atoms with Crippen LogP contribution in [0.3, 0.4) is 0 Å². The van der Waals surface area contributed by atoms with Gasteiger partial charge in [0.05, 0.1) is 25.4 Å². The molecule has 0 saturated heterocycles. The van der Waals surface area contributed by atoms with Gasteiger partial charge < -0.3 is 20.3 Å². The Morgan fingerprint density at radius 1 is 0.424 bits per heavy atom. The Balaban J connectivity index is 3.46. The number of rotatable bonds is 55. The van der Waals surface area contributed by atoms with Gasteiger partial charge in [-0.15, -0.1) is 0 Å². The van der Waals surface area contributed by atoms with Gasteiger partial charge in [-0.1, -0.05) is 276 Å². The minimum atomic E-state index is -0.670. The normalized spacial score (nSPS) is 12.7. The monoisotopic (exact) mass is 930 g/mol. The number of esters is 1. The Hall–Kier alpha value is -1.66. The van der Waals surface area contributed by atoms with Crippen molar-refractivity contribution in [2.24, 2.45) is 0 Å². The quantitative estimate of drug-likeness (QED) is 0.0321. The van der Waals surface area contributed by atoms with Crippen LogP contribution in [0.15, 0.2) is 24.3 Å². The van der Waals surface area contributed by atoms with Crippen LogP contribution >= 0.6 is 0 Å². The summed E-state index contributed by atoms with van der Waals surface area (Å²) in [6.45, 7) is 4.93. The van der Waals surface area contributed by atoms with Crippen molar-refractivity contribution in [2.75, 3.05) is 13.2 Å². The van der Waals surface area contributed by atoms with Gasteiger partial charge in [0.2, 0.25) is 5.91 Å². The highest BCUT2D eigenvalue weighted by molar-refractivity contribution is 5.76. The molecule has 0 bridgehead atoms. The standard InChI is InChI=1S/C60H115NO5/c1-3-5-7-9-11-13-15-17-24-28-32-36-40-44-48-52-58(63)57(56-62)61-59(64)53-49-45-41-37-33-29-26-22-20-19-21-23-27-31-35-39-43-47-51-55-66-60(65)54-50-46-42-38-34-30-25-18-16-14-12-10-8-6-4-2/h23,27,31,35,57-58,62-63H,3-22,24-26,28-30,32-34,36-56H2,1-2H3,(H,61,64)/b27-23-,35-31-. The van der Waals surface area contributed by atoms with E-state index in [1.54, 1.807) is 0 Å². The van der Waals surface area contributed by atoms with Gasteiger partial charge in [0, 0.05) is 12.8 Å². The van der Waals surface area contributed by atoms with E-state index in [2.05, 4.69) is 43.5 Å². The molecule has 0 aliphatic carbocycles. The molecule has 0 aromatic rings. The summed E-state index contributed by atoms with van der Waals surface area (Å²) in [4.78, 5) is 24.5. The number of nitrogens with one attached hydrogen (secondary N) is 1. The molecule has 0 saturated carbocycles. The summed E-state index contributed by atoms with van der Waals surface area (Å²) in [6, 6.07) is -0.548. The van der Waals surface area contributed by atoms with Crippen LogP contribution in [0, 0.1) is 0 Å². The predicted octanol–water partition coefficient (Wildman–Crippen LogP) is 18.2. The van der Waals surface area contributed by atoms with Gasteiger partial charge in [0.1, 0.15) is 0 Å². The molecule has 1 amide bonds. The Morgan fingerprint density at radius 2 is 0.742 bits per heavy atom. The van der Waals surface area contributed by atoms with Crippen LogP contribution in [0.5, 0.6) is 0 Å². The highest BCUT2D eigenvalue weighted by Crippen LogP contribution is 2.17. The molecule has 0 radical (unpaired) electrons. The molecule has 390 valence electrons. The van der Waals surface area contributed by atoms with E-state index in [0.29, 0.717) is 25.9 Å². The van der Waals surface area contributed by atoms with E-state index in [4.69, 9.17) is 4.74 Å². The number of unbranched alkanes of at least 4 members (excludes halogenated alkanes) is 41. The van der Waals surface area contributed by atoms with Crippen LogP contribution in [0.1, 0.15) is 322 Å². The summed E-state index contributed by atoms with van der Waals surface area (Å²) in [7, 11) is 0. The lowest BCUT2D eigenvalue weighted by Crippen LogP contribution is -2.45. The molecule has 2 atom stereocenters. The fourth-order valence-corrected chi connectivity index (χ4v) is 9.22. The van der Waals surface area contributed by atoms with E-state index < -0.39 is 12.1 Å². The van der Waals surface area contributed by atoms with Gasteiger partial charge in [-0.25, -0.2) is 0 Å². The second-order valence-electron chi connectivity index (χ2n) is 20.4. The molecule has 0 spiro atoms. The van der Waals surface area contributed by atoms with E-state index in [1.807, 2.05) is 0 Å². The fourth-order valence-electron chi connectivity index (χ4n) is 9.22. The number of carbonyl (C=O) groups excluding carboxylic acids is 2. The van der Waals surface area contributed by atoms with E-state index >= 15 is 0 Å². The van der Waals surface area contributed by atoms with Crippen molar-refractivity contribution < 1.29 is 24.5 Å². The molecule has 3 N–H and O–H groups in total. The van der Waals surface area contributed by atoms with Crippen molar-refractivity contribution in [3.05, 3.63) is 24.3 Å². The van der Waals surface area contributed by atoms with Gasteiger partial charge in [-0.05, 0) is 57.8 Å². The first-order valence-electron chi connectivity index (χ1n) is 29.6. The Labute approximate surface area is 411 Å². The molecule has 2 unspecified atom stereocenters. The van der Waals surface area contributed by atoms with E-state index in [9.17, 15) is 19.8 Å². The Bertz CT molecular complexity index is 1030. The summed E-state index contributed by atoms with van der Waals surface area (Å²) in [5.41, 5.74) is 0. The molecule has 66 heavy (non-hydrogen) atoms. The topological polar surface area (TPSA) is 95.9 Å². The van der Waals surface area contributed by atoms with Crippen molar-refractivity contribution in [1.82, 2.24) is 5.32 Å². The second-order valence-corrected chi connectivity index (χ2v) is 20.4. The maximum atomic E-state index is 12.5. The molecule has 6 nitrogen and oxygen atoms in total. The first kappa shape index (κ1) is 64.3. The number of carbonyl (C=O) groups is 2. The molecule has 0 rings (SSSR count). The molecule has 0 aliphatic heterocycles. The Morgan fingerprint density at radius 3 is 1.12 bits per heavy atom. The van der Waals surface area contributed by atoms with E-state index in [0.717, 1.165) is 70.6 Å². The molecular weight excluding hydrogens is 815 g/mol. The van der Waals surface area contributed by atoms with Gasteiger partial charge in [-0.2, -0.15) is 0 Å². The first-order chi connectivity index (χ1) is 32.5. The van der Waals surface area contributed by atoms with Crippen molar-refractivity contribution in [3.8, 4) is 0 Å². The van der Waals surface area contributed by atoms with Crippen LogP contribution < -0.4 is 5.32 Å². The van der Waals surface area contributed by atoms with E-state index in [-0.39, 0.29) is 18.5 Å². The molecule has 0 aromatic heterocycles. The summed E-state index contributed by atoms with van der Waals surface area (Å²) in [6.07, 6.45) is 67.4. The summed E-state index contributed by atoms with van der Waals surface area (Å²) in [5, 5.41) is 23.3. The largest absolute Gasteiger partial charge is 0.466 e. The zero-order valence-electron chi connectivity index (χ0n) is 44.4. The van der Waals surface area contributed by atoms with E-state index in [1.165, 1.54) is 218 Å². The SMILES string of the molecule is CCCCCCCCCCCCCCCCCC(=O)OCCCCC/C=C\C=C/CCCCCCCCCCCCC(=O)NC(CO)C(O)CCCCCCCCCCCCCCCCC. The van der Waals surface area contributed by atoms with Crippen LogP contribution in [0.25, 0.3) is 0 Å². The van der Waals surface area contributed by atoms with Crippen molar-refractivity contribution in [2.45, 2.75) is 334 Å². The summed E-state index contributed by atoms with van der Waals surface area (Å²) in [5.74, 6) is -0.0534. The van der Waals surface area contributed by atoms with Gasteiger partial charge in [0.25, 0.3) is 0 Å². The Kier molecular flexibility index (Phi) is 54.5. The third kappa shape index (κ3) is 51.7. The van der Waals surface area contributed by atoms with Crippen LogP contribution in [0.4, 0.5) is 0 Å². The summed E-state index contributed by atoms with van der Waals surface area (Å²) < 4.78 is 5.46. The van der Waals surface area contributed by atoms with Crippen molar-refractivity contribution in [3.63, 3.8) is 0 Å². The third-order valence-electron chi connectivity index (χ3n) is 13.8. The number of hydrogen-bond donors (Lipinski definition) is 3. The lowest BCUT2D eigenvalue weighted by molar-refractivity contribution is -0.143. The minimum Gasteiger partial charge on any atom is -0.466 e. The molecule has 6 heteroatoms. The first-order valence-corrected chi connectivity index (χ1v) is 29.6. The molecule has 0 aliphatic rings. The molecule has 0 aromatic carbocycles. The number of allylic oxidation sites excluding steroid dienone is 4. The number of amides is 1. The number of aliphatic hydroxyl groups is 2.